The molecule has 0 radical (unpaired) electrons. The third-order valence-electron chi connectivity index (χ3n) is 5.21. The number of anilines is 1. The molecule has 1 N–H and O–H groups in total. The Bertz CT molecular complexity index is 1150. The molecule has 10 heteroatoms. The van der Waals surface area contributed by atoms with Gasteiger partial charge in [-0.25, -0.2) is 18.1 Å². The van der Waals surface area contributed by atoms with Gasteiger partial charge in [0.05, 0.1) is 19.8 Å². The van der Waals surface area contributed by atoms with E-state index in [2.05, 4.69) is 19.6 Å². The van der Waals surface area contributed by atoms with E-state index >= 15 is 0 Å². The van der Waals surface area contributed by atoms with Crippen molar-refractivity contribution >= 4 is 27.4 Å². The van der Waals surface area contributed by atoms with E-state index in [9.17, 15) is 8.42 Å². The first kappa shape index (κ1) is 23.4. The van der Waals surface area contributed by atoms with Crippen LogP contribution in [0.15, 0.2) is 72.0 Å². The second-order valence-corrected chi connectivity index (χ2v) is 9.73. The molecule has 4 rings (SSSR count). The second kappa shape index (κ2) is 10.9. The van der Waals surface area contributed by atoms with Gasteiger partial charge in [0.2, 0.25) is 10.0 Å². The van der Waals surface area contributed by atoms with Crippen LogP contribution >= 0.6 is 11.6 Å². The summed E-state index contributed by atoms with van der Waals surface area (Å²) in [5.41, 5.74) is 0.858. The predicted octanol–water partition coefficient (Wildman–Crippen LogP) is 3.28. The molecule has 1 fully saturated rings. The molecule has 1 aromatic carbocycles. The number of hydrogen-bond donors (Lipinski definition) is 1. The molecule has 3 aromatic rings. The Morgan fingerprint density at radius 3 is 2.70 bits per heavy atom. The zero-order valence-electron chi connectivity index (χ0n) is 17.9. The summed E-state index contributed by atoms with van der Waals surface area (Å²) in [7, 11) is -3.67. The van der Waals surface area contributed by atoms with Gasteiger partial charge in [0, 0.05) is 43.1 Å². The highest BCUT2D eigenvalue weighted by Crippen LogP contribution is 2.23. The molecule has 1 aliphatic rings. The molecule has 1 saturated heterocycles. The SMILES string of the molecule is O=S(=O)(NCCOCc1ccccc1Cl)c1ccc(N2CCC(Oc3ccncc3)C2)nc1. The van der Waals surface area contributed by atoms with Gasteiger partial charge in [-0.05, 0) is 35.9 Å². The van der Waals surface area contributed by atoms with Crippen molar-refractivity contribution in [3.63, 3.8) is 0 Å². The first-order chi connectivity index (χ1) is 16.0. The van der Waals surface area contributed by atoms with Gasteiger partial charge in [-0.1, -0.05) is 29.8 Å². The normalized spacial score (nSPS) is 16.2. The van der Waals surface area contributed by atoms with E-state index in [1.54, 1.807) is 30.6 Å². The number of pyridine rings is 2. The number of rotatable bonds is 10. The Hall–Kier alpha value is -2.72. The summed E-state index contributed by atoms with van der Waals surface area (Å²) < 4.78 is 39.1. The van der Waals surface area contributed by atoms with Crippen molar-refractivity contribution < 1.29 is 17.9 Å². The maximum Gasteiger partial charge on any atom is 0.242 e. The Morgan fingerprint density at radius 2 is 1.94 bits per heavy atom. The minimum atomic E-state index is -3.67. The van der Waals surface area contributed by atoms with Gasteiger partial charge in [-0.3, -0.25) is 4.98 Å². The van der Waals surface area contributed by atoms with Gasteiger partial charge >= 0.3 is 0 Å². The van der Waals surface area contributed by atoms with Gasteiger partial charge in [0.15, 0.2) is 0 Å². The van der Waals surface area contributed by atoms with Crippen LogP contribution < -0.4 is 14.4 Å². The third kappa shape index (κ3) is 6.42. The number of sulfonamides is 1. The summed E-state index contributed by atoms with van der Waals surface area (Å²) in [6.45, 7) is 2.16. The van der Waals surface area contributed by atoms with Crippen LogP contribution in [-0.4, -0.2) is 50.7 Å². The molecule has 0 amide bonds. The number of nitrogens with one attached hydrogen (secondary N) is 1. The Labute approximate surface area is 198 Å². The Morgan fingerprint density at radius 1 is 1.12 bits per heavy atom. The summed E-state index contributed by atoms with van der Waals surface area (Å²) >= 11 is 6.08. The van der Waals surface area contributed by atoms with Gasteiger partial charge in [0.25, 0.3) is 0 Å². The topological polar surface area (TPSA) is 93.7 Å². The minimum Gasteiger partial charge on any atom is -0.488 e. The summed E-state index contributed by atoms with van der Waals surface area (Å²) in [6.07, 6.45) is 5.67. The first-order valence-corrected chi connectivity index (χ1v) is 12.5. The van der Waals surface area contributed by atoms with Gasteiger partial charge in [-0.2, -0.15) is 0 Å². The predicted molar refractivity (Wildman–Crippen MR) is 126 cm³/mol. The number of hydrogen-bond acceptors (Lipinski definition) is 7. The number of benzene rings is 1. The van der Waals surface area contributed by atoms with Crippen molar-refractivity contribution in [2.75, 3.05) is 31.1 Å². The smallest absolute Gasteiger partial charge is 0.242 e. The second-order valence-electron chi connectivity index (χ2n) is 7.55. The zero-order chi connectivity index (χ0) is 23.1. The van der Waals surface area contributed by atoms with Crippen LogP contribution in [0.1, 0.15) is 12.0 Å². The lowest BCUT2D eigenvalue weighted by atomic mass is 10.2. The fraction of sp³-hybridized carbons (Fsp3) is 0.304. The van der Waals surface area contributed by atoms with E-state index in [0.717, 1.165) is 30.1 Å². The molecule has 2 aromatic heterocycles. The lowest BCUT2D eigenvalue weighted by Gasteiger charge is -2.18. The van der Waals surface area contributed by atoms with Gasteiger partial charge < -0.3 is 14.4 Å². The summed E-state index contributed by atoms with van der Waals surface area (Å²) in [6, 6.07) is 14.3. The molecule has 0 bridgehead atoms. The van der Waals surface area contributed by atoms with Crippen LogP contribution in [0.5, 0.6) is 5.75 Å². The quantitative estimate of drug-likeness (QED) is 0.438. The molecule has 0 spiro atoms. The van der Waals surface area contributed by atoms with E-state index in [-0.39, 0.29) is 24.2 Å². The van der Waals surface area contributed by atoms with Gasteiger partial charge in [-0.15, -0.1) is 0 Å². The van der Waals surface area contributed by atoms with E-state index in [4.69, 9.17) is 21.1 Å². The summed E-state index contributed by atoms with van der Waals surface area (Å²) in [4.78, 5) is 10.5. The maximum atomic E-state index is 12.5. The monoisotopic (exact) mass is 488 g/mol. The Kier molecular flexibility index (Phi) is 7.77. The number of ether oxygens (including phenoxy) is 2. The molecule has 8 nitrogen and oxygen atoms in total. The van der Waals surface area contributed by atoms with Crippen molar-refractivity contribution in [3.05, 3.63) is 77.7 Å². The standard InChI is InChI=1S/C23H25ClN4O4S/c24-22-4-2-1-3-18(22)17-31-14-12-27-33(29,30)21-5-6-23(26-15-21)28-13-9-20(16-28)32-19-7-10-25-11-8-19/h1-8,10-11,15,20,27H,9,12-14,16-17H2. The molecular formula is C23H25ClN4O4S. The highest BCUT2D eigenvalue weighted by Gasteiger charge is 2.25. The molecule has 174 valence electrons. The van der Waals surface area contributed by atoms with Crippen LogP contribution in [0.25, 0.3) is 0 Å². The van der Waals surface area contributed by atoms with Crippen molar-refractivity contribution in [3.8, 4) is 5.75 Å². The van der Waals surface area contributed by atoms with Crippen molar-refractivity contribution in [2.45, 2.75) is 24.0 Å². The number of nitrogens with zero attached hydrogens (tertiary/aromatic N) is 3. The molecule has 0 saturated carbocycles. The molecule has 1 atom stereocenters. The fourth-order valence-corrected chi connectivity index (χ4v) is 4.64. The lowest BCUT2D eigenvalue weighted by molar-refractivity contribution is 0.126. The molecule has 3 heterocycles. The average molecular weight is 489 g/mol. The largest absolute Gasteiger partial charge is 0.488 e. The highest BCUT2D eigenvalue weighted by atomic mass is 35.5. The van der Waals surface area contributed by atoms with Crippen LogP contribution in [0, 0.1) is 0 Å². The van der Waals surface area contributed by atoms with E-state index in [0.29, 0.717) is 18.2 Å². The molecule has 1 unspecified atom stereocenters. The van der Waals surface area contributed by atoms with Crippen LogP contribution in [0.4, 0.5) is 5.82 Å². The van der Waals surface area contributed by atoms with E-state index in [1.165, 1.54) is 6.20 Å². The highest BCUT2D eigenvalue weighted by molar-refractivity contribution is 7.89. The molecule has 33 heavy (non-hydrogen) atoms. The molecular weight excluding hydrogens is 464 g/mol. The third-order valence-corrected chi connectivity index (χ3v) is 7.02. The summed E-state index contributed by atoms with van der Waals surface area (Å²) in [5.74, 6) is 1.51. The number of halogens is 1. The van der Waals surface area contributed by atoms with E-state index in [1.807, 2.05) is 30.3 Å². The van der Waals surface area contributed by atoms with Crippen LogP contribution in [0.3, 0.4) is 0 Å². The van der Waals surface area contributed by atoms with Crippen LogP contribution in [0.2, 0.25) is 5.02 Å². The average Bonchev–Trinajstić information content (AvgIpc) is 3.29. The summed E-state index contributed by atoms with van der Waals surface area (Å²) in [5, 5.41) is 0.623. The molecule has 1 aliphatic heterocycles. The minimum absolute atomic E-state index is 0.0463. The molecule has 0 aliphatic carbocycles. The first-order valence-electron chi connectivity index (χ1n) is 10.6. The zero-order valence-corrected chi connectivity index (χ0v) is 19.5. The Balaban J connectivity index is 1.24. The van der Waals surface area contributed by atoms with Crippen LogP contribution in [-0.2, 0) is 21.4 Å². The van der Waals surface area contributed by atoms with Crippen molar-refractivity contribution in [1.29, 1.82) is 0 Å². The van der Waals surface area contributed by atoms with Crippen molar-refractivity contribution in [2.24, 2.45) is 0 Å². The van der Waals surface area contributed by atoms with Crippen molar-refractivity contribution in [1.82, 2.24) is 14.7 Å². The fourth-order valence-electron chi connectivity index (χ4n) is 3.49. The lowest BCUT2D eigenvalue weighted by Crippen LogP contribution is -2.28. The van der Waals surface area contributed by atoms with E-state index < -0.39 is 10.0 Å². The number of aromatic nitrogens is 2. The maximum absolute atomic E-state index is 12.5. The van der Waals surface area contributed by atoms with Gasteiger partial charge in [0.1, 0.15) is 22.6 Å².